The number of hydrogen-bond donors (Lipinski definition) is 0. The van der Waals surface area contributed by atoms with Gasteiger partial charge in [-0.2, -0.15) is 0 Å². The molecule has 0 unspecified atom stereocenters. The maximum atomic E-state index is 4.74. The fraction of sp³-hybridized carbons (Fsp3) is 0. The van der Waals surface area contributed by atoms with E-state index < -0.39 is 0 Å². The predicted octanol–water partition coefficient (Wildman–Crippen LogP) is 1.18. The van der Waals surface area contributed by atoms with E-state index in [1.54, 1.807) is 0 Å². The molecule has 0 N–H and O–H groups in total. The van der Waals surface area contributed by atoms with Gasteiger partial charge in [-0.1, -0.05) is 0 Å². The fourth-order valence-electron chi connectivity index (χ4n) is 0.0227. The van der Waals surface area contributed by atoms with Gasteiger partial charge in [0, 0.05) is 0 Å². The summed E-state index contributed by atoms with van der Waals surface area (Å²) in [4.78, 5) is 0. The second kappa shape index (κ2) is 6.06. The summed E-state index contributed by atoms with van der Waals surface area (Å²) in [6.07, 6.45) is 0. The zero-order valence-corrected chi connectivity index (χ0v) is 9.67. The summed E-state index contributed by atoms with van der Waals surface area (Å²) in [5.41, 5.74) is 0. The van der Waals surface area contributed by atoms with Crippen molar-refractivity contribution < 1.29 is 0 Å². The first kappa shape index (κ1) is 7.06. The SMILES string of the molecule is [S]=[Ga][S][Ga]=[S]. The Balaban J connectivity index is 2.65. The van der Waals surface area contributed by atoms with Gasteiger partial charge in [0.2, 0.25) is 0 Å². The molecule has 0 spiro atoms. The van der Waals surface area contributed by atoms with Crippen LogP contribution in [0.1, 0.15) is 0 Å². The summed E-state index contributed by atoms with van der Waals surface area (Å²) in [5, 5.41) is 0. The maximum absolute atomic E-state index is 4.74. The van der Waals surface area contributed by atoms with Crippen LogP contribution in [-0.2, 0) is 0 Å². The summed E-state index contributed by atoms with van der Waals surface area (Å²) in [5.74, 6) is 0. The molecule has 0 saturated carbocycles. The van der Waals surface area contributed by atoms with Gasteiger partial charge in [-0.3, -0.25) is 0 Å². The van der Waals surface area contributed by atoms with E-state index in [9.17, 15) is 0 Å². The normalized spacial score (nSPS) is 4.80. The van der Waals surface area contributed by atoms with Crippen LogP contribution in [0.15, 0.2) is 0 Å². The predicted molar refractivity (Wildman–Crippen MR) is 34.3 cm³/mol. The zero-order valence-electron chi connectivity index (χ0n) is 2.38. The minimum atomic E-state index is -0.237. The molecule has 0 aliphatic carbocycles. The van der Waals surface area contributed by atoms with E-state index in [1.807, 2.05) is 7.63 Å². The second-order valence-electron chi connectivity index (χ2n) is 0.329. The average molecular weight is 236 g/mol. The summed E-state index contributed by atoms with van der Waals surface area (Å²) in [6.45, 7) is 0. The van der Waals surface area contributed by atoms with Crippen molar-refractivity contribution in [3.05, 3.63) is 0 Å². The molecule has 5 heavy (non-hydrogen) atoms. The third kappa shape index (κ3) is 6.06. The molecule has 0 radical (unpaired) electrons. The van der Waals surface area contributed by atoms with E-state index >= 15 is 0 Å². The van der Waals surface area contributed by atoms with Crippen LogP contribution in [0.4, 0.5) is 0 Å². The molecule has 0 aliphatic rings. The first-order valence-corrected chi connectivity index (χ1v) is 14.7. The van der Waals surface area contributed by atoms with E-state index in [4.69, 9.17) is 20.1 Å². The fourth-order valence-corrected chi connectivity index (χ4v) is 16.5. The van der Waals surface area contributed by atoms with Crippen LogP contribution < -0.4 is 0 Å². The van der Waals surface area contributed by atoms with Crippen LogP contribution in [0.3, 0.4) is 0 Å². The van der Waals surface area contributed by atoms with E-state index in [0.29, 0.717) is 0 Å². The zero-order chi connectivity index (χ0) is 4.12. The van der Waals surface area contributed by atoms with Gasteiger partial charge in [-0.05, 0) is 0 Å². The Morgan fingerprint density at radius 2 is 1.60 bits per heavy atom. The monoisotopic (exact) mass is 234 g/mol. The van der Waals surface area contributed by atoms with Crippen LogP contribution in [0.5, 0.6) is 0 Å². The standard InChI is InChI=1S/2Ga.3S. The van der Waals surface area contributed by atoms with E-state index in [2.05, 4.69) is 0 Å². The van der Waals surface area contributed by atoms with Crippen LogP contribution in [0.25, 0.3) is 0 Å². The Labute approximate surface area is 55.8 Å². The van der Waals surface area contributed by atoms with Crippen LogP contribution in [0.2, 0.25) is 0 Å². The van der Waals surface area contributed by atoms with E-state index in [0.717, 1.165) is 0 Å². The first-order chi connectivity index (χ1) is 2.41. The minimum absolute atomic E-state index is 0.237. The first-order valence-electron chi connectivity index (χ1n) is 0.943. The van der Waals surface area contributed by atoms with Crippen LogP contribution in [0, 0.1) is 0 Å². The molecule has 0 aliphatic heterocycles. The van der Waals surface area contributed by atoms with Gasteiger partial charge in [-0.25, -0.2) is 0 Å². The van der Waals surface area contributed by atoms with Crippen molar-refractivity contribution in [2.45, 2.75) is 0 Å². The molecule has 0 amide bonds. The third-order valence-electron chi connectivity index (χ3n) is 0.111. The summed E-state index contributed by atoms with van der Waals surface area (Å²) in [7, 11) is 11.4. The third-order valence-corrected chi connectivity index (χ3v) is 27.0. The van der Waals surface area contributed by atoms with Crippen molar-refractivity contribution in [3.8, 4) is 0 Å². The van der Waals surface area contributed by atoms with Crippen molar-refractivity contribution in [1.29, 1.82) is 0 Å². The van der Waals surface area contributed by atoms with Gasteiger partial charge in [0.05, 0.1) is 0 Å². The summed E-state index contributed by atoms with van der Waals surface area (Å²) in [6, 6.07) is 0. The summed E-state index contributed by atoms with van der Waals surface area (Å²) < 4.78 is 0. The molecule has 0 aromatic carbocycles. The Morgan fingerprint density at radius 3 is 1.60 bits per heavy atom. The van der Waals surface area contributed by atoms with Gasteiger partial charge in [-0.15, -0.1) is 0 Å². The summed E-state index contributed by atoms with van der Waals surface area (Å²) >= 11 is -0.474. The molecule has 0 bridgehead atoms. The van der Waals surface area contributed by atoms with Gasteiger partial charge in [0.15, 0.2) is 0 Å². The second-order valence-corrected chi connectivity index (χ2v) is 20.0. The van der Waals surface area contributed by atoms with Gasteiger partial charge >= 0.3 is 56.6 Å². The molecule has 0 atom stereocenters. The molecule has 0 nitrogen and oxygen atoms in total. The Morgan fingerprint density at radius 1 is 1.20 bits per heavy atom. The Hall–Kier alpha value is 2.06. The average Bonchev–Trinajstić information content (AvgIpc) is 1.41. The molecule has 0 saturated heterocycles. The van der Waals surface area contributed by atoms with E-state index in [1.165, 1.54) is 0 Å². The number of rotatable bonds is 2. The molecular weight excluding hydrogens is 236 g/mol. The van der Waals surface area contributed by atoms with Gasteiger partial charge in [0.1, 0.15) is 0 Å². The van der Waals surface area contributed by atoms with Crippen molar-refractivity contribution >= 4 is 56.6 Å². The molecule has 0 rings (SSSR count). The van der Waals surface area contributed by atoms with Crippen molar-refractivity contribution in [2.75, 3.05) is 0 Å². The van der Waals surface area contributed by atoms with Gasteiger partial charge < -0.3 is 0 Å². The topological polar surface area (TPSA) is 0 Å². The molecule has 0 fully saturated rings. The molecule has 24 valence electrons. The van der Waals surface area contributed by atoms with Crippen molar-refractivity contribution in [1.82, 2.24) is 0 Å². The molecule has 0 aromatic rings. The van der Waals surface area contributed by atoms with Gasteiger partial charge in [0.25, 0.3) is 0 Å². The Kier molecular flexibility index (Phi) is 8.56. The molecule has 0 aromatic heterocycles. The van der Waals surface area contributed by atoms with Crippen molar-refractivity contribution in [3.63, 3.8) is 0 Å². The molecule has 5 heteroatoms. The number of hydrogen-bond acceptors (Lipinski definition) is 3. The molecular formula is Ga2S3. The Bertz CT molecular complexity index is 34.2. The quantitative estimate of drug-likeness (QED) is 0.660. The van der Waals surface area contributed by atoms with Crippen molar-refractivity contribution in [2.24, 2.45) is 0 Å². The van der Waals surface area contributed by atoms with Crippen LogP contribution >= 0.6 is 27.7 Å². The molecule has 0 heterocycles. The van der Waals surface area contributed by atoms with E-state index in [-0.39, 0.29) is 28.8 Å². The van der Waals surface area contributed by atoms with Crippen LogP contribution in [-0.4, -0.2) is 28.8 Å².